The summed E-state index contributed by atoms with van der Waals surface area (Å²) in [7, 11) is 2.72. The maximum absolute atomic E-state index is 11.2. The zero-order chi connectivity index (χ0) is 14.6. The van der Waals surface area contributed by atoms with Crippen molar-refractivity contribution < 1.29 is 19.1 Å². The summed E-state index contributed by atoms with van der Waals surface area (Å²) in [5, 5.41) is 0. The zero-order valence-electron chi connectivity index (χ0n) is 11.9. The topological polar surface area (TPSA) is 52.6 Å². The average molecular weight is 254 g/mol. The van der Waals surface area contributed by atoms with Gasteiger partial charge in [0.15, 0.2) is 0 Å². The van der Waals surface area contributed by atoms with E-state index in [1.807, 2.05) is 27.7 Å². The van der Waals surface area contributed by atoms with E-state index in [9.17, 15) is 9.59 Å². The number of methoxy groups -OCH3 is 2. The number of aldehydes is 1. The predicted molar refractivity (Wildman–Crippen MR) is 72.4 cm³/mol. The van der Waals surface area contributed by atoms with Gasteiger partial charge in [0.05, 0.1) is 14.2 Å². The minimum Gasteiger partial charge on any atom is -0.496 e. The SMILES string of the molecule is CC.CC.COC(=O)c1cc(C=O)ccc1OC. The first-order valence-electron chi connectivity index (χ1n) is 5.94. The van der Waals surface area contributed by atoms with Crippen molar-refractivity contribution in [2.75, 3.05) is 14.2 Å². The second-order valence-electron chi connectivity index (χ2n) is 2.57. The number of hydrogen-bond acceptors (Lipinski definition) is 4. The van der Waals surface area contributed by atoms with Crippen molar-refractivity contribution in [3.8, 4) is 5.75 Å². The lowest BCUT2D eigenvalue weighted by Gasteiger charge is -2.06. The molecule has 1 aromatic carbocycles. The average Bonchev–Trinajstić information content (AvgIpc) is 2.49. The molecule has 4 heteroatoms. The van der Waals surface area contributed by atoms with E-state index in [-0.39, 0.29) is 5.56 Å². The van der Waals surface area contributed by atoms with Crippen molar-refractivity contribution in [3.63, 3.8) is 0 Å². The van der Waals surface area contributed by atoms with Gasteiger partial charge in [-0.2, -0.15) is 0 Å². The molecule has 0 atom stereocenters. The van der Waals surface area contributed by atoms with Crippen molar-refractivity contribution in [2.24, 2.45) is 0 Å². The van der Waals surface area contributed by atoms with Crippen LogP contribution in [0.3, 0.4) is 0 Å². The maximum atomic E-state index is 11.2. The molecule has 102 valence electrons. The number of ether oxygens (including phenoxy) is 2. The van der Waals surface area contributed by atoms with Gasteiger partial charge in [-0.1, -0.05) is 27.7 Å². The van der Waals surface area contributed by atoms with Gasteiger partial charge < -0.3 is 9.47 Å². The quantitative estimate of drug-likeness (QED) is 0.613. The highest BCUT2D eigenvalue weighted by molar-refractivity contribution is 5.94. The van der Waals surface area contributed by atoms with E-state index in [1.165, 1.54) is 20.3 Å². The van der Waals surface area contributed by atoms with Crippen molar-refractivity contribution >= 4 is 12.3 Å². The van der Waals surface area contributed by atoms with Crippen molar-refractivity contribution in [1.82, 2.24) is 0 Å². The standard InChI is InChI=1S/C10H10O4.2C2H6/c1-13-9-4-3-7(6-11)5-8(9)10(12)14-2;2*1-2/h3-6H,1-2H3;2*1-2H3. The van der Waals surface area contributed by atoms with Gasteiger partial charge in [-0.05, 0) is 18.2 Å². The summed E-state index contributed by atoms with van der Waals surface area (Å²) >= 11 is 0. The van der Waals surface area contributed by atoms with E-state index in [2.05, 4.69) is 4.74 Å². The molecule has 0 spiro atoms. The van der Waals surface area contributed by atoms with E-state index in [4.69, 9.17) is 4.74 Å². The lowest BCUT2D eigenvalue weighted by molar-refractivity contribution is 0.0597. The summed E-state index contributed by atoms with van der Waals surface area (Å²) < 4.78 is 9.49. The summed E-state index contributed by atoms with van der Waals surface area (Å²) in [6.45, 7) is 8.00. The Labute approximate surface area is 109 Å². The van der Waals surface area contributed by atoms with Gasteiger partial charge in [-0.3, -0.25) is 4.79 Å². The molecule has 0 heterocycles. The van der Waals surface area contributed by atoms with Crippen molar-refractivity contribution in [1.29, 1.82) is 0 Å². The molecule has 4 nitrogen and oxygen atoms in total. The van der Waals surface area contributed by atoms with Crippen LogP contribution in [-0.2, 0) is 4.74 Å². The number of carbonyl (C=O) groups is 2. The molecule has 0 aliphatic rings. The summed E-state index contributed by atoms with van der Waals surface area (Å²) in [6, 6.07) is 4.55. The van der Waals surface area contributed by atoms with E-state index >= 15 is 0 Å². The Morgan fingerprint density at radius 3 is 2.06 bits per heavy atom. The Bertz CT molecular complexity index is 359. The molecule has 0 amide bonds. The second kappa shape index (κ2) is 11.6. The molecule has 18 heavy (non-hydrogen) atoms. The third-order valence-electron chi connectivity index (χ3n) is 1.76. The van der Waals surface area contributed by atoms with Crippen LogP contribution in [0.5, 0.6) is 5.75 Å². The van der Waals surface area contributed by atoms with Crippen LogP contribution in [0, 0.1) is 0 Å². The summed E-state index contributed by atoms with van der Waals surface area (Å²) in [4.78, 5) is 21.7. The van der Waals surface area contributed by atoms with E-state index in [0.29, 0.717) is 17.6 Å². The molecule has 0 N–H and O–H groups in total. The van der Waals surface area contributed by atoms with Gasteiger partial charge in [0.25, 0.3) is 0 Å². The highest BCUT2D eigenvalue weighted by atomic mass is 16.5. The molecule has 0 aliphatic carbocycles. The molecule has 0 saturated heterocycles. The van der Waals surface area contributed by atoms with Crippen LogP contribution in [0.1, 0.15) is 48.4 Å². The summed E-state index contributed by atoms with van der Waals surface area (Å²) in [5.41, 5.74) is 0.658. The fourth-order valence-electron chi connectivity index (χ4n) is 1.07. The zero-order valence-corrected chi connectivity index (χ0v) is 11.9. The molecule has 0 bridgehead atoms. The molecule has 0 radical (unpaired) electrons. The Balaban J connectivity index is 0. The largest absolute Gasteiger partial charge is 0.496 e. The molecule has 1 aromatic rings. The minimum absolute atomic E-state index is 0.250. The minimum atomic E-state index is -0.523. The van der Waals surface area contributed by atoms with Gasteiger partial charge in [0.1, 0.15) is 17.6 Å². The first-order valence-corrected chi connectivity index (χ1v) is 5.94. The molecule has 0 unspecified atom stereocenters. The van der Waals surface area contributed by atoms with Crippen LogP contribution >= 0.6 is 0 Å². The highest BCUT2D eigenvalue weighted by Gasteiger charge is 2.12. The van der Waals surface area contributed by atoms with Crippen LogP contribution in [0.15, 0.2) is 18.2 Å². The van der Waals surface area contributed by atoms with Gasteiger partial charge in [0, 0.05) is 5.56 Å². The second-order valence-corrected chi connectivity index (χ2v) is 2.57. The van der Waals surface area contributed by atoms with Gasteiger partial charge in [-0.15, -0.1) is 0 Å². The monoisotopic (exact) mass is 254 g/mol. The number of carbonyl (C=O) groups excluding carboxylic acids is 2. The summed E-state index contributed by atoms with van der Waals surface area (Å²) in [5.74, 6) is -0.131. The van der Waals surface area contributed by atoms with Gasteiger partial charge >= 0.3 is 5.97 Å². The Hall–Kier alpha value is -1.84. The first kappa shape index (κ1) is 18.5. The number of rotatable bonds is 3. The van der Waals surface area contributed by atoms with Crippen LogP contribution in [0.2, 0.25) is 0 Å². The van der Waals surface area contributed by atoms with E-state index < -0.39 is 5.97 Å². The Morgan fingerprint density at radius 2 is 1.67 bits per heavy atom. The molecule has 0 saturated carbocycles. The molecular weight excluding hydrogens is 232 g/mol. The van der Waals surface area contributed by atoms with E-state index in [0.717, 1.165) is 0 Å². The fourth-order valence-corrected chi connectivity index (χ4v) is 1.07. The predicted octanol–water partition coefficient (Wildman–Crippen LogP) is 3.35. The first-order chi connectivity index (χ1) is 8.72. The van der Waals surface area contributed by atoms with Crippen LogP contribution in [0.25, 0.3) is 0 Å². The number of hydrogen-bond donors (Lipinski definition) is 0. The molecule has 0 aliphatic heterocycles. The van der Waals surface area contributed by atoms with Gasteiger partial charge in [0.2, 0.25) is 0 Å². The number of benzene rings is 1. The van der Waals surface area contributed by atoms with Crippen molar-refractivity contribution in [3.05, 3.63) is 29.3 Å². The lowest BCUT2D eigenvalue weighted by atomic mass is 10.1. The lowest BCUT2D eigenvalue weighted by Crippen LogP contribution is -2.04. The molecule has 0 aromatic heterocycles. The van der Waals surface area contributed by atoms with Crippen LogP contribution in [-0.4, -0.2) is 26.5 Å². The maximum Gasteiger partial charge on any atom is 0.341 e. The normalized spacial score (nSPS) is 7.89. The van der Waals surface area contributed by atoms with E-state index in [1.54, 1.807) is 12.1 Å². The fraction of sp³-hybridized carbons (Fsp3) is 0.429. The third-order valence-corrected chi connectivity index (χ3v) is 1.76. The summed E-state index contributed by atoms with van der Waals surface area (Å²) in [6.07, 6.45) is 0.659. The van der Waals surface area contributed by atoms with Crippen LogP contribution < -0.4 is 4.74 Å². The molecule has 1 rings (SSSR count). The van der Waals surface area contributed by atoms with Gasteiger partial charge in [-0.25, -0.2) is 4.79 Å². The highest BCUT2D eigenvalue weighted by Crippen LogP contribution is 2.19. The van der Waals surface area contributed by atoms with Crippen LogP contribution in [0.4, 0.5) is 0 Å². The third kappa shape index (κ3) is 5.48. The Morgan fingerprint density at radius 1 is 1.11 bits per heavy atom. The Kier molecular flexibility index (Phi) is 12.0. The van der Waals surface area contributed by atoms with Crippen molar-refractivity contribution in [2.45, 2.75) is 27.7 Å². The smallest absolute Gasteiger partial charge is 0.341 e. The molecular formula is C14H22O4. The number of esters is 1. The molecule has 0 fully saturated rings.